The molecular formula is C59H108O10. The van der Waals surface area contributed by atoms with Crippen molar-refractivity contribution in [1.82, 2.24) is 0 Å². The van der Waals surface area contributed by atoms with Crippen LogP contribution in [-0.4, -0.2) is 83.1 Å². The van der Waals surface area contributed by atoms with Crippen LogP contribution in [0.25, 0.3) is 0 Å². The van der Waals surface area contributed by atoms with Crippen LogP contribution in [0.1, 0.15) is 271 Å². The number of esters is 3. The summed E-state index contributed by atoms with van der Waals surface area (Å²) in [6.07, 6.45) is 48.8. The fraction of sp³-hybridized carbons (Fsp3) is 0.847. The Labute approximate surface area is 423 Å². The molecule has 0 aliphatic heterocycles. The van der Waals surface area contributed by atoms with E-state index in [1.807, 2.05) is 0 Å². The summed E-state index contributed by atoms with van der Waals surface area (Å²) in [6.45, 7) is 5.44. The van der Waals surface area contributed by atoms with E-state index in [1.165, 1.54) is 57.8 Å². The lowest BCUT2D eigenvalue weighted by Gasteiger charge is -2.30. The van der Waals surface area contributed by atoms with E-state index in [0.717, 1.165) is 154 Å². The SMILES string of the molecule is CCCCCC[C@@H](O)C/C=C/CCCCCCCC(=O)OCC(CO)(COC(=O)CCCCCCC/C=C/C[C@H](O)CCCCCC)COC(=O)CCCCCCC/C=C/C[C@H](O)CCCCCC. The molecule has 0 saturated carbocycles. The van der Waals surface area contributed by atoms with Gasteiger partial charge < -0.3 is 34.6 Å². The Morgan fingerprint density at radius 1 is 0.377 bits per heavy atom. The first-order valence-corrected chi connectivity index (χ1v) is 28.7. The molecule has 69 heavy (non-hydrogen) atoms. The minimum Gasteiger partial charge on any atom is -0.465 e. The minimum absolute atomic E-state index is 0.221. The number of allylic oxidation sites excluding steroid dienone is 3. The van der Waals surface area contributed by atoms with Crippen molar-refractivity contribution in [2.75, 3.05) is 26.4 Å². The van der Waals surface area contributed by atoms with E-state index in [9.17, 15) is 34.8 Å². The maximum atomic E-state index is 12.8. The summed E-state index contributed by atoms with van der Waals surface area (Å²) in [6, 6.07) is 0. The van der Waals surface area contributed by atoms with E-state index < -0.39 is 29.9 Å². The number of carbonyl (C=O) groups excluding carboxylic acids is 3. The highest BCUT2D eigenvalue weighted by atomic mass is 16.6. The van der Waals surface area contributed by atoms with Crippen molar-refractivity contribution >= 4 is 17.9 Å². The lowest BCUT2D eigenvalue weighted by atomic mass is 9.92. The van der Waals surface area contributed by atoms with Gasteiger partial charge in [-0.15, -0.1) is 0 Å². The Morgan fingerprint density at radius 3 is 0.913 bits per heavy atom. The highest BCUT2D eigenvalue weighted by Gasteiger charge is 2.35. The fourth-order valence-electron chi connectivity index (χ4n) is 8.25. The van der Waals surface area contributed by atoms with Crippen molar-refractivity contribution in [3.8, 4) is 0 Å². The monoisotopic (exact) mass is 977 g/mol. The van der Waals surface area contributed by atoms with E-state index in [-0.39, 0.29) is 57.4 Å². The smallest absolute Gasteiger partial charge is 0.305 e. The third kappa shape index (κ3) is 46.3. The number of rotatable bonds is 52. The maximum Gasteiger partial charge on any atom is 0.305 e. The molecule has 0 aliphatic carbocycles. The molecule has 10 heteroatoms. The number of hydrogen-bond acceptors (Lipinski definition) is 10. The van der Waals surface area contributed by atoms with Gasteiger partial charge in [0, 0.05) is 19.3 Å². The van der Waals surface area contributed by atoms with Crippen LogP contribution < -0.4 is 0 Å². The molecule has 3 atom stereocenters. The molecular weight excluding hydrogens is 869 g/mol. The predicted molar refractivity (Wildman–Crippen MR) is 285 cm³/mol. The fourth-order valence-corrected chi connectivity index (χ4v) is 8.25. The summed E-state index contributed by atoms with van der Waals surface area (Å²) in [4.78, 5) is 38.5. The van der Waals surface area contributed by atoms with Gasteiger partial charge in [-0.1, -0.05) is 192 Å². The molecule has 0 aromatic carbocycles. The van der Waals surface area contributed by atoms with Crippen LogP contribution in [-0.2, 0) is 28.6 Å². The van der Waals surface area contributed by atoms with Crippen LogP contribution in [0.3, 0.4) is 0 Å². The zero-order valence-electron chi connectivity index (χ0n) is 44.8. The Balaban J connectivity index is 4.73. The Bertz CT molecular complexity index is 1100. The van der Waals surface area contributed by atoms with Crippen LogP contribution in [0.5, 0.6) is 0 Å². The molecule has 0 rings (SSSR count). The summed E-state index contributed by atoms with van der Waals surface area (Å²) in [7, 11) is 0. The average molecular weight is 978 g/mol. The van der Waals surface area contributed by atoms with Crippen LogP contribution in [0.4, 0.5) is 0 Å². The molecule has 0 unspecified atom stereocenters. The topological polar surface area (TPSA) is 160 Å². The van der Waals surface area contributed by atoms with Gasteiger partial charge in [-0.2, -0.15) is 0 Å². The van der Waals surface area contributed by atoms with Gasteiger partial charge in [0.25, 0.3) is 0 Å². The molecule has 10 nitrogen and oxygen atoms in total. The van der Waals surface area contributed by atoms with Crippen molar-refractivity contribution in [3.05, 3.63) is 36.5 Å². The van der Waals surface area contributed by atoms with Crippen LogP contribution >= 0.6 is 0 Å². The van der Waals surface area contributed by atoms with Crippen molar-refractivity contribution in [2.24, 2.45) is 5.41 Å². The molecule has 404 valence electrons. The molecule has 4 N–H and O–H groups in total. The van der Waals surface area contributed by atoms with Gasteiger partial charge in [-0.05, 0) is 96.3 Å². The summed E-state index contributed by atoms with van der Waals surface area (Å²) >= 11 is 0. The van der Waals surface area contributed by atoms with Crippen molar-refractivity contribution in [2.45, 2.75) is 289 Å². The lowest BCUT2D eigenvalue weighted by Crippen LogP contribution is -2.42. The number of unbranched alkanes of at least 4 members (excludes halogenated alkanes) is 24. The van der Waals surface area contributed by atoms with Gasteiger partial charge in [0.15, 0.2) is 0 Å². The molecule has 0 aromatic rings. The number of aliphatic hydroxyl groups excluding tert-OH is 4. The first-order chi connectivity index (χ1) is 33.6. The molecule has 0 radical (unpaired) electrons. The van der Waals surface area contributed by atoms with E-state index in [4.69, 9.17) is 14.2 Å². The molecule has 0 spiro atoms. The van der Waals surface area contributed by atoms with E-state index in [2.05, 4.69) is 57.2 Å². The number of hydrogen-bond donors (Lipinski definition) is 4. The second-order valence-corrected chi connectivity index (χ2v) is 20.2. The van der Waals surface area contributed by atoms with Gasteiger partial charge in [0.2, 0.25) is 0 Å². The second-order valence-electron chi connectivity index (χ2n) is 20.2. The number of aliphatic hydroxyl groups is 4. The highest BCUT2D eigenvalue weighted by Crippen LogP contribution is 2.22. The number of ether oxygens (including phenoxy) is 3. The van der Waals surface area contributed by atoms with Crippen molar-refractivity contribution in [3.63, 3.8) is 0 Å². The van der Waals surface area contributed by atoms with E-state index in [1.54, 1.807) is 0 Å². The van der Waals surface area contributed by atoms with Gasteiger partial charge in [0.1, 0.15) is 19.8 Å². The summed E-state index contributed by atoms with van der Waals surface area (Å²) < 4.78 is 16.9. The second kappa shape index (κ2) is 50.4. The molecule has 0 saturated heterocycles. The summed E-state index contributed by atoms with van der Waals surface area (Å²) in [5.41, 5.74) is -1.25. The average Bonchev–Trinajstić information content (AvgIpc) is 3.34. The molecule has 0 heterocycles. The standard InChI is InChI=1S/C59H108O10/c1-4-7-10-31-40-53(61)43-34-25-19-13-16-22-28-37-46-56(64)67-50-59(49-60,51-68-57(65)47-38-29-23-17-14-20-26-35-44-54(62)41-32-11-8-5-2)52-69-58(66)48-39-30-24-18-15-21-27-36-45-55(63)42-33-12-9-6-3/h25-27,34-36,53-55,60-63H,4-24,28-33,37-52H2,1-3H3/b34-25+,35-26+,36-27+/t53-,54-,55-/m1/s1. The highest BCUT2D eigenvalue weighted by molar-refractivity contribution is 5.70. The molecule has 0 amide bonds. The van der Waals surface area contributed by atoms with Gasteiger partial charge in [-0.25, -0.2) is 0 Å². The van der Waals surface area contributed by atoms with Crippen LogP contribution in [0.15, 0.2) is 36.5 Å². The number of carbonyl (C=O) groups is 3. The summed E-state index contributed by atoms with van der Waals surface area (Å²) in [5.74, 6) is -1.17. The maximum absolute atomic E-state index is 12.8. The van der Waals surface area contributed by atoms with Crippen molar-refractivity contribution in [1.29, 1.82) is 0 Å². The van der Waals surface area contributed by atoms with E-state index in [0.29, 0.717) is 19.3 Å². The largest absolute Gasteiger partial charge is 0.465 e. The first-order valence-electron chi connectivity index (χ1n) is 28.7. The van der Waals surface area contributed by atoms with Crippen LogP contribution in [0, 0.1) is 5.41 Å². The third-order valence-electron chi connectivity index (χ3n) is 13.1. The van der Waals surface area contributed by atoms with Crippen molar-refractivity contribution < 1.29 is 49.0 Å². The minimum atomic E-state index is -1.25. The lowest BCUT2D eigenvalue weighted by molar-refractivity contribution is -0.165. The summed E-state index contributed by atoms with van der Waals surface area (Å²) in [5, 5.41) is 41.0. The van der Waals surface area contributed by atoms with Gasteiger partial charge in [-0.3, -0.25) is 14.4 Å². The predicted octanol–water partition coefficient (Wildman–Crippen LogP) is 14.6. The molecule has 0 bridgehead atoms. The van der Waals surface area contributed by atoms with Crippen LogP contribution in [0.2, 0.25) is 0 Å². The van der Waals surface area contributed by atoms with E-state index >= 15 is 0 Å². The normalized spacial score (nSPS) is 13.4. The molecule has 0 aliphatic rings. The zero-order valence-corrected chi connectivity index (χ0v) is 44.8. The third-order valence-corrected chi connectivity index (χ3v) is 13.1. The Hall–Kier alpha value is -2.53. The molecule has 0 aromatic heterocycles. The van der Waals surface area contributed by atoms with Gasteiger partial charge >= 0.3 is 17.9 Å². The quantitative estimate of drug-likeness (QED) is 0.0200. The first kappa shape index (κ1) is 66.5. The Morgan fingerprint density at radius 2 is 0.638 bits per heavy atom. The zero-order chi connectivity index (χ0) is 50.7. The Kier molecular flexibility index (Phi) is 48.6. The van der Waals surface area contributed by atoms with Gasteiger partial charge in [0.05, 0.1) is 30.3 Å². The molecule has 0 fully saturated rings.